The van der Waals surface area contributed by atoms with Crippen LogP contribution in [0, 0.1) is 0 Å². The fourth-order valence-corrected chi connectivity index (χ4v) is 2.33. The van der Waals surface area contributed by atoms with Gasteiger partial charge in [0.25, 0.3) is 0 Å². The molecule has 0 N–H and O–H groups in total. The minimum absolute atomic E-state index is 1.09. The normalized spacial score (nSPS) is 16.1. The third kappa shape index (κ3) is 1.06. The molecule has 0 saturated heterocycles. The number of hydrogen-bond donors (Lipinski definition) is 0. The van der Waals surface area contributed by atoms with Gasteiger partial charge in [-0.2, -0.15) is 0 Å². The molecule has 1 heterocycles. The van der Waals surface area contributed by atoms with Crippen LogP contribution in [0.15, 0.2) is 36.4 Å². The fourth-order valence-electron chi connectivity index (χ4n) is 2.33. The van der Waals surface area contributed by atoms with E-state index in [4.69, 9.17) is 0 Å². The average Bonchev–Trinajstić information content (AvgIpc) is 2.59. The minimum atomic E-state index is 1.09. The van der Waals surface area contributed by atoms with Crippen molar-refractivity contribution in [1.29, 1.82) is 0 Å². The molecule has 0 spiro atoms. The van der Waals surface area contributed by atoms with Crippen molar-refractivity contribution in [1.82, 2.24) is 4.90 Å². The first-order valence-corrected chi connectivity index (χ1v) is 5.02. The predicted molar refractivity (Wildman–Crippen MR) is 59.1 cm³/mol. The first-order valence-electron chi connectivity index (χ1n) is 5.02. The molecule has 1 aliphatic heterocycles. The van der Waals surface area contributed by atoms with E-state index < -0.39 is 0 Å². The maximum absolute atomic E-state index is 2.36. The van der Waals surface area contributed by atoms with Crippen LogP contribution in [-0.4, -0.2) is 11.9 Å². The highest BCUT2D eigenvalue weighted by molar-refractivity contribution is 5.87. The van der Waals surface area contributed by atoms with Gasteiger partial charge >= 0.3 is 0 Å². The molecule has 0 aromatic heterocycles. The van der Waals surface area contributed by atoms with Gasteiger partial charge in [0.2, 0.25) is 0 Å². The second kappa shape index (κ2) is 2.82. The van der Waals surface area contributed by atoms with Crippen molar-refractivity contribution in [3.63, 3.8) is 0 Å². The summed E-state index contributed by atoms with van der Waals surface area (Å²) in [6.07, 6.45) is 0. The maximum Gasteiger partial charge on any atom is 0.0243 e. The van der Waals surface area contributed by atoms with Crippen molar-refractivity contribution in [2.45, 2.75) is 13.1 Å². The monoisotopic (exact) mass is 183 g/mol. The van der Waals surface area contributed by atoms with E-state index >= 15 is 0 Å². The highest BCUT2D eigenvalue weighted by atomic mass is 15.1. The molecule has 1 nitrogen and oxygen atoms in total. The second-order valence-electron chi connectivity index (χ2n) is 4.10. The van der Waals surface area contributed by atoms with Gasteiger partial charge in [0.05, 0.1) is 0 Å². The Labute approximate surface area is 84.0 Å². The van der Waals surface area contributed by atoms with Gasteiger partial charge in [0.15, 0.2) is 0 Å². The zero-order chi connectivity index (χ0) is 9.54. The third-order valence-corrected chi connectivity index (χ3v) is 3.01. The summed E-state index contributed by atoms with van der Waals surface area (Å²) in [5.74, 6) is 0. The molecule has 1 aliphatic rings. The molecule has 0 fully saturated rings. The predicted octanol–water partition coefficient (Wildman–Crippen LogP) is 2.79. The molecule has 0 saturated carbocycles. The smallest absolute Gasteiger partial charge is 0.0243 e. The summed E-state index contributed by atoms with van der Waals surface area (Å²) in [7, 11) is 2.18. The molecule has 14 heavy (non-hydrogen) atoms. The van der Waals surface area contributed by atoms with Crippen LogP contribution < -0.4 is 0 Å². The maximum atomic E-state index is 2.36. The van der Waals surface area contributed by atoms with Crippen molar-refractivity contribution in [3.8, 4) is 0 Å². The Morgan fingerprint density at radius 2 is 1.86 bits per heavy atom. The van der Waals surface area contributed by atoms with Gasteiger partial charge in [0, 0.05) is 13.1 Å². The Morgan fingerprint density at radius 3 is 2.79 bits per heavy atom. The van der Waals surface area contributed by atoms with E-state index in [1.54, 1.807) is 0 Å². The molecular formula is C13H13N. The van der Waals surface area contributed by atoms with E-state index in [9.17, 15) is 0 Å². The standard InChI is InChI=1S/C13H13N/c1-14-8-11-7-6-10-4-2-3-5-12(10)13(11)9-14/h2-7H,8-9H2,1H3. The Kier molecular flexibility index (Phi) is 1.62. The first kappa shape index (κ1) is 8.01. The van der Waals surface area contributed by atoms with Crippen molar-refractivity contribution in [3.05, 3.63) is 47.5 Å². The number of hydrogen-bond acceptors (Lipinski definition) is 1. The third-order valence-electron chi connectivity index (χ3n) is 3.01. The Hall–Kier alpha value is -1.34. The van der Waals surface area contributed by atoms with Gasteiger partial charge in [-0.15, -0.1) is 0 Å². The van der Waals surface area contributed by atoms with Gasteiger partial charge in [-0.1, -0.05) is 36.4 Å². The summed E-state index contributed by atoms with van der Waals surface area (Å²) >= 11 is 0. The number of rotatable bonds is 0. The molecule has 0 bridgehead atoms. The van der Waals surface area contributed by atoms with Crippen LogP contribution in [0.2, 0.25) is 0 Å². The first-order chi connectivity index (χ1) is 6.84. The van der Waals surface area contributed by atoms with E-state index in [0.29, 0.717) is 0 Å². The lowest BCUT2D eigenvalue weighted by Crippen LogP contribution is -2.07. The molecular weight excluding hydrogens is 170 g/mol. The second-order valence-corrected chi connectivity index (χ2v) is 4.10. The van der Waals surface area contributed by atoms with E-state index in [-0.39, 0.29) is 0 Å². The zero-order valence-electron chi connectivity index (χ0n) is 8.33. The van der Waals surface area contributed by atoms with Crippen LogP contribution in [0.5, 0.6) is 0 Å². The van der Waals surface area contributed by atoms with Crippen LogP contribution >= 0.6 is 0 Å². The minimum Gasteiger partial charge on any atom is -0.298 e. The molecule has 0 amide bonds. The zero-order valence-corrected chi connectivity index (χ0v) is 8.33. The molecule has 0 aliphatic carbocycles. The van der Waals surface area contributed by atoms with Crippen LogP contribution in [0.3, 0.4) is 0 Å². The van der Waals surface area contributed by atoms with Crippen LogP contribution in [-0.2, 0) is 13.1 Å². The Bertz CT molecular complexity index is 488. The molecule has 2 aromatic carbocycles. The number of benzene rings is 2. The quantitative estimate of drug-likeness (QED) is 0.607. The summed E-state index contributed by atoms with van der Waals surface area (Å²) in [5.41, 5.74) is 3.01. The van der Waals surface area contributed by atoms with Crippen LogP contribution in [0.1, 0.15) is 11.1 Å². The lowest BCUT2D eigenvalue weighted by molar-refractivity contribution is 0.353. The summed E-state index contributed by atoms with van der Waals surface area (Å²) < 4.78 is 0. The molecule has 0 radical (unpaired) electrons. The van der Waals surface area contributed by atoms with Gasteiger partial charge in [-0.3, -0.25) is 4.90 Å². The lowest BCUT2D eigenvalue weighted by atomic mass is 10.0. The summed E-state index contributed by atoms with van der Waals surface area (Å²) in [6, 6.07) is 13.1. The average molecular weight is 183 g/mol. The number of nitrogens with zero attached hydrogens (tertiary/aromatic N) is 1. The van der Waals surface area contributed by atoms with E-state index in [2.05, 4.69) is 48.3 Å². The molecule has 0 atom stereocenters. The van der Waals surface area contributed by atoms with Crippen molar-refractivity contribution in [2.75, 3.05) is 7.05 Å². The topological polar surface area (TPSA) is 3.24 Å². The molecule has 1 heteroatoms. The van der Waals surface area contributed by atoms with E-state index in [1.807, 2.05) is 0 Å². The summed E-state index contributed by atoms with van der Waals surface area (Å²) in [4.78, 5) is 2.36. The van der Waals surface area contributed by atoms with Gasteiger partial charge in [0.1, 0.15) is 0 Å². The fraction of sp³-hybridized carbons (Fsp3) is 0.231. The van der Waals surface area contributed by atoms with Crippen LogP contribution in [0.4, 0.5) is 0 Å². The van der Waals surface area contributed by atoms with Gasteiger partial charge in [-0.25, -0.2) is 0 Å². The van der Waals surface area contributed by atoms with Gasteiger partial charge < -0.3 is 0 Å². The van der Waals surface area contributed by atoms with Gasteiger partial charge in [-0.05, 0) is 28.9 Å². The molecule has 3 rings (SSSR count). The largest absolute Gasteiger partial charge is 0.298 e. The molecule has 0 unspecified atom stereocenters. The van der Waals surface area contributed by atoms with Crippen molar-refractivity contribution < 1.29 is 0 Å². The molecule has 70 valence electrons. The van der Waals surface area contributed by atoms with Crippen LogP contribution in [0.25, 0.3) is 10.8 Å². The summed E-state index contributed by atoms with van der Waals surface area (Å²) in [6.45, 7) is 2.19. The van der Waals surface area contributed by atoms with E-state index in [0.717, 1.165) is 13.1 Å². The van der Waals surface area contributed by atoms with E-state index in [1.165, 1.54) is 21.9 Å². The highest BCUT2D eigenvalue weighted by Crippen LogP contribution is 2.28. The Balaban J connectivity index is 2.33. The highest BCUT2D eigenvalue weighted by Gasteiger charge is 2.16. The molecule has 2 aromatic rings. The Morgan fingerprint density at radius 1 is 1.00 bits per heavy atom. The van der Waals surface area contributed by atoms with Crippen molar-refractivity contribution in [2.24, 2.45) is 0 Å². The number of fused-ring (bicyclic) bond motifs is 3. The summed E-state index contributed by atoms with van der Waals surface area (Å²) in [5, 5.41) is 2.79. The lowest BCUT2D eigenvalue weighted by Gasteiger charge is -2.04. The SMILES string of the molecule is CN1Cc2ccc3ccccc3c2C1. The van der Waals surface area contributed by atoms with Crippen molar-refractivity contribution >= 4 is 10.8 Å².